The van der Waals surface area contributed by atoms with Gasteiger partial charge in [0, 0.05) is 11.3 Å². The fourth-order valence-corrected chi connectivity index (χ4v) is 4.60. The zero-order chi connectivity index (χ0) is 13.9. The van der Waals surface area contributed by atoms with Gasteiger partial charge in [-0.15, -0.1) is 10.2 Å². The summed E-state index contributed by atoms with van der Waals surface area (Å²) in [5.41, 5.74) is 1.20. The van der Waals surface area contributed by atoms with E-state index in [4.69, 9.17) is 4.74 Å². The monoisotopic (exact) mass is 301 g/mol. The average Bonchev–Trinajstić information content (AvgIpc) is 2.99. The van der Waals surface area contributed by atoms with E-state index in [1.165, 1.54) is 7.11 Å². The summed E-state index contributed by atoms with van der Waals surface area (Å²) >= 11 is 3.25. The van der Waals surface area contributed by atoms with Crippen molar-refractivity contribution in [2.75, 3.05) is 7.11 Å². The molecule has 19 heavy (non-hydrogen) atoms. The molecule has 1 saturated carbocycles. The number of carbonyl (C=O) groups excluding carboxylic acids is 1. The summed E-state index contributed by atoms with van der Waals surface area (Å²) in [6.07, 6.45) is 2.58. The molecule has 1 heterocycles. The molecule has 0 spiro atoms. The molecule has 2 rings (SSSR count). The van der Waals surface area contributed by atoms with Crippen LogP contribution in [-0.2, 0) is 9.53 Å². The van der Waals surface area contributed by atoms with Gasteiger partial charge in [0.1, 0.15) is 11.0 Å². The predicted molar refractivity (Wildman–Crippen MR) is 76.4 cm³/mol. The number of nitrogens with one attached hydrogen (secondary N) is 1. The van der Waals surface area contributed by atoms with Crippen LogP contribution in [0.3, 0.4) is 0 Å². The molecule has 1 aromatic rings. The normalized spacial score (nSPS) is 26.8. The van der Waals surface area contributed by atoms with Crippen molar-refractivity contribution < 1.29 is 9.53 Å². The maximum atomic E-state index is 12.1. The molecular weight excluding hydrogens is 282 g/mol. The molecule has 2 atom stereocenters. The van der Waals surface area contributed by atoms with Crippen LogP contribution in [0.1, 0.15) is 33.1 Å². The molecule has 106 valence electrons. The number of nitrogens with zero attached hydrogens (tertiary/aromatic N) is 2. The second-order valence-corrected chi connectivity index (χ2v) is 7.44. The third kappa shape index (κ3) is 3.46. The number of rotatable bonds is 5. The van der Waals surface area contributed by atoms with Gasteiger partial charge in [0.15, 0.2) is 4.34 Å². The summed E-state index contributed by atoms with van der Waals surface area (Å²) in [4.78, 5) is 12.1. The Balaban J connectivity index is 2.04. The molecule has 1 fully saturated rings. The van der Waals surface area contributed by atoms with Gasteiger partial charge < -0.3 is 4.74 Å². The molecule has 2 unspecified atom stereocenters. The number of carbonyl (C=O) groups is 1. The number of hydrogen-bond acceptors (Lipinski definition) is 7. The Hall–Kier alpha value is -0.660. The smallest absolute Gasteiger partial charge is 0.326 e. The van der Waals surface area contributed by atoms with E-state index in [2.05, 4.69) is 29.4 Å². The van der Waals surface area contributed by atoms with E-state index in [-0.39, 0.29) is 12.0 Å². The zero-order valence-electron chi connectivity index (χ0n) is 11.4. The van der Waals surface area contributed by atoms with E-state index < -0.39 is 5.54 Å². The first-order valence-electron chi connectivity index (χ1n) is 6.34. The maximum absolute atomic E-state index is 12.1. The van der Waals surface area contributed by atoms with Crippen LogP contribution in [0.4, 0.5) is 0 Å². The first-order valence-corrected chi connectivity index (χ1v) is 8.10. The number of aromatic nitrogens is 2. The van der Waals surface area contributed by atoms with Gasteiger partial charge in [-0.05, 0) is 33.1 Å². The number of esters is 1. The number of ether oxygens (including phenoxy) is 1. The largest absolute Gasteiger partial charge is 0.468 e. The van der Waals surface area contributed by atoms with Crippen molar-refractivity contribution >= 4 is 29.1 Å². The van der Waals surface area contributed by atoms with Crippen LogP contribution in [-0.4, -0.2) is 40.1 Å². The van der Waals surface area contributed by atoms with Crippen molar-refractivity contribution in [2.45, 2.75) is 54.3 Å². The lowest BCUT2D eigenvalue weighted by Gasteiger charge is -2.29. The summed E-state index contributed by atoms with van der Waals surface area (Å²) in [6.45, 7) is 4.10. The number of hydrogen-bond donors (Lipinski definition) is 1. The predicted octanol–water partition coefficient (Wildman–Crippen LogP) is 2.09. The number of thioether (sulfide) groups is 1. The summed E-state index contributed by atoms with van der Waals surface area (Å²) in [7, 11) is 1.46. The Morgan fingerprint density at radius 2 is 2.47 bits per heavy atom. The molecule has 5 nitrogen and oxygen atoms in total. The van der Waals surface area contributed by atoms with Crippen molar-refractivity contribution in [1.29, 1.82) is 0 Å². The maximum Gasteiger partial charge on any atom is 0.326 e. The second kappa shape index (κ2) is 6.19. The van der Waals surface area contributed by atoms with Crippen molar-refractivity contribution in [2.24, 2.45) is 0 Å². The van der Waals surface area contributed by atoms with Gasteiger partial charge in [-0.2, -0.15) is 0 Å². The van der Waals surface area contributed by atoms with Gasteiger partial charge in [-0.25, -0.2) is 0 Å². The fourth-order valence-electron chi connectivity index (χ4n) is 2.58. The molecular formula is C12H19N3O2S2. The lowest BCUT2D eigenvalue weighted by molar-refractivity contribution is -0.148. The highest BCUT2D eigenvalue weighted by atomic mass is 32.2. The highest BCUT2D eigenvalue weighted by Crippen LogP contribution is 2.41. The van der Waals surface area contributed by atoms with Crippen LogP contribution in [0.15, 0.2) is 9.85 Å². The van der Waals surface area contributed by atoms with E-state index in [0.717, 1.165) is 23.6 Å². The Kier molecular flexibility index (Phi) is 4.81. The summed E-state index contributed by atoms with van der Waals surface area (Å²) in [5, 5.41) is 11.7. The van der Waals surface area contributed by atoms with E-state index >= 15 is 0 Å². The Labute approximate surface area is 121 Å². The van der Waals surface area contributed by atoms with Gasteiger partial charge in [0.05, 0.1) is 7.11 Å². The number of methoxy groups -OCH3 is 1. The molecule has 1 aliphatic carbocycles. The summed E-state index contributed by atoms with van der Waals surface area (Å²) < 4.78 is 5.95. The fraction of sp³-hybridized carbons (Fsp3) is 0.750. The molecule has 0 aromatic carbocycles. The van der Waals surface area contributed by atoms with E-state index in [1.807, 2.05) is 0 Å². The van der Waals surface area contributed by atoms with Crippen molar-refractivity contribution in [3.05, 3.63) is 5.51 Å². The van der Waals surface area contributed by atoms with Gasteiger partial charge in [-0.3, -0.25) is 10.1 Å². The van der Waals surface area contributed by atoms with Gasteiger partial charge >= 0.3 is 5.97 Å². The second-order valence-electron chi connectivity index (χ2n) is 5.06. The zero-order valence-corrected chi connectivity index (χ0v) is 13.0. The minimum atomic E-state index is -0.536. The quantitative estimate of drug-likeness (QED) is 0.840. The lowest BCUT2D eigenvalue weighted by Crippen LogP contribution is -2.53. The lowest BCUT2D eigenvalue weighted by atomic mass is 9.97. The van der Waals surface area contributed by atoms with E-state index in [0.29, 0.717) is 5.25 Å². The standard InChI is InChI=1S/C12H19N3O2S2/c1-8(2)14-12(10(16)17-3)5-4-9(6-12)19-11-15-13-7-18-11/h7-9,14H,4-6H2,1-3H3. The van der Waals surface area contributed by atoms with Crippen LogP contribution in [0.2, 0.25) is 0 Å². The SMILES string of the molecule is COC(=O)C1(NC(C)C)CCC(Sc2nncs2)C1. The Morgan fingerprint density at radius 1 is 1.68 bits per heavy atom. The molecule has 0 aliphatic heterocycles. The first-order chi connectivity index (χ1) is 9.05. The van der Waals surface area contributed by atoms with E-state index in [1.54, 1.807) is 28.6 Å². The topological polar surface area (TPSA) is 64.1 Å². The van der Waals surface area contributed by atoms with Gasteiger partial charge in [-0.1, -0.05) is 23.1 Å². The molecule has 1 N–H and O–H groups in total. The van der Waals surface area contributed by atoms with Crippen molar-refractivity contribution in [1.82, 2.24) is 15.5 Å². The average molecular weight is 301 g/mol. The van der Waals surface area contributed by atoms with Gasteiger partial charge in [0.25, 0.3) is 0 Å². The van der Waals surface area contributed by atoms with Crippen LogP contribution in [0.25, 0.3) is 0 Å². The molecule has 0 amide bonds. The Bertz CT molecular complexity index is 425. The molecule has 1 aliphatic rings. The third-order valence-electron chi connectivity index (χ3n) is 3.22. The van der Waals surface area contributed by atoms with Crippen LogP contribution < -0.4 is 5.32 Å². The Morgan fingerprint density at radius 3 is 3.05 bits per heavy atom. The van der Waals surface area contributed by atoms with E-state index in [9.17, 15) is 4.79 Å². The van der Waals surface area contributed by atoms with Crippen LogP contribution in [0, 0.1) is 0 Å². The van der Waals surface area contributed by atoms with Crippen molar-refractivity contribution in [3.63, 3.8) is 0 Å². The third-order valence-corrected chi connectivity index (χ3v) is 5.30. The highest BCUT2D eigenvalue weighted by Gasteiger charge is 2.46. The minimum absolute atomic E-state index is 0.151. The summed E-state index contributed by atoms with van der Waals surface area (Å²) in [6, 6.07) is 0.254. The molecule has 0 radical (unpaired) electrons. The van der Waals surface area contributed by atoms with Crippen LogP contribution >= 0.6 is 23.1 Å². The van der Waals surface area contributed by atoms with Crippen molar-refractivity contribution in [3.8, 4) is 0 Å². The minimum Gasteiger partial charge on any atom is -0.468 e. The molecule has 0 bridgehead atoms. The highest BCUT2D eigenvalue weighted by molar-refractivity contribution is 8.01. The summed E-state index contributed by atoms with van der Waals surface area (Å²) in [5.74, 6) is -0.151. The first kappa shape index (κ1) is 14.7. The van der Waals surface area contributed by atoms with Gasteiger partial charge in [0.2, 0.25) is 0 Å². The molecule has 7 heteroatoms. The molecule has 1 aromatic heterocycles. The van der Waals surface area contributed by atoms with Crippen LogP contribution in [0.5, 0.6) is 0 Å². The molecule has 0 saturated heterocycles.